The monoisotopic (exact) mass is 348 g/mol. The molecule has 130 valence electrons. The highest BCUT2D eigenvalue weighted by Gasteiger charge is 2.58. The van der Waals surface area contributed by atoms with Crippen molar-refractivity contribution in [3.8, 4) is 0 Å². The number of hydrogen-bond donors (Lipinski definition) is 1. The maximum atomic E-state index is 12.7. The first kappa shape index (κ1) is 16.1. The minimum Gasteiger partial charge on any atom is -0.481 e. The van der Waals surface area contributed by atoms with Gasteiger partial charge in [-0.2, -0.15) is 0 Å². The fourth-order valence-electron chi connectivity index (χ4n) is 4.81. The third kappa shape index (κ3) is 2.65. The molecule has 2 aliphatic heterocycles. The quantitative estimate of drug-likeness (QED) is 0.907. The van der Waals surface area contributed by atoms with E-state index in [9.17, 15) is 14.7 Å². The van der Waals surface area contributed by atoms with Crippen LogP contribution in [-0.4, -0.2) is 53.0 Å². The van der Waals surface area contributed by atoms with E-state index < -0.39 is 11.4 Å². The molecule has 0 aromatic carbocycles. The highest BCUT2D eigenvalue weighted by atomic mass is 32.1. The number of thiophene rings is 1. The summed E-state index contributed by atoms with van der Waals surface area (Å²) in [5.41, 5.74) is -0.772. The first-order chi connectivity index (χ1) is 11.6. The summed E-state index contributed by atoms with van der Waals surface area (Å²) in [6, 6.07) is 4.13. The molecule has 0 bridgehead atoms. The van der Waals surface area contributed by atoms with E-state index >= 15 is 0 Å². The van der Waals surface area contributed by atoms with Gasteiger partial charge in [-0.1, -0.05) is 18.9 Å². The van der Waals surface area contributed by atoms with Crippen molar-refractivity contribution in [2.75, 3.05) is 26.2 Å². The van der Waals surface area contributed by atoms with Crippen LogP contribution >= 0.6 is 11.3 Å². The molecule has 4 rings (SSSR count). The van der Waals surface area contributed by atoms with Gasteiger partial charge in [0.2, 0.25) is 5.91 Å². The Balaban J connectivity index is 1.47. The molecule has 2 saturated heterocycles. The van der Waals surface area contributed by atoms with Crippen molar-refractivity contribution < 1.29 is 14.7 Å². The van der Waals surface area contributed by atoms with E-state index in [1.165, 1.54) is 4.88 Å². The molecule has 24 heavy (non-hydrogen) atoms. The molecule has 3 fully saturated rings. The molecule has 1 aromatic heterocycles. The zero-order chi connectivity index (χ0) is 16.7. The summed E-state index contributed by atoms with van der Waals surface area (Å²) in [5, 5.41) is 12.0. The Morgan fingerprint density at radius 3 is 2.67 bits per heavy atom. The largest absolute Gasteiger partial charge is 0.481 e. The van der Waals surface area contributed by atoms with E-state index in [4.69, 9.17) is 0 Å². The lowest BCUT2D eigenvalue weighted by atomic mass is 9.81. The van der Waals surface area contributed by atoms with Gasteiger partial charge >= 0.3 is 5.97 Å². The average Bonchev–Trinajstić information content (AvgIpc) is 3.30. The number of carboxylic acids is 1. The summed E-state index contributed by atoms with van der Waals surface area (Å²) < 4.78 is 0. The molecule has 3 heterocycles. The predicted molar refractivity (Wildman–Crippen MR) is 91.7 cm³/mol. The second-order valence-corrected chi connectivity index (χ2v) is 8.64. The Labute approximate surface area is 146 Å². The van der Waals surface area contributed by atoms with Gasteiger partial charge in [0.1, 0.15) is 5.41 Å². The van der Waals surface area contributed by atoms with Crippen molar-refractivity contribution in [3.63, 3.8) is 0 Å². The van der Waals surface area contributed by atoms with E-state index in [0.717, 1.165) is 38.8 Å². The minimum atomic E-state index is -0.772. The van der Waals surface area contributed by atoms with Gasteiger partial charge in [-0.25, -0.2) is 0 Å². The van der Waals surface area contributed by atoms with Gasteiger partial charge in [0.25, 0.3) is 0 Å². The molecule has 6 heteroatoms. The minimum absolute atomic E-state index is 0.0558. The Hall–Kier alpha value is -1.40. The number of likely N-dealkylation sites (tertiary alicyclic amines) is 2. The zero-order valence-corrected chi connectivity index (χ0v) is 14.6. The van der Waals surface area contributed by atoms with Crippen LogP contribution < -0.4 is 0 Å². The fourth-order valence-corrected chi connectivity index (χ4v) is 5.56. The maximum absolute atomic E-state index is 12.7. The lowest BCUT2D eigenvalue weighted by molar-refractivity contribution is -0.149. The van der Waals surface area contributed by atoms with E-state index in [-0.39, 0.29) is 17.7 Å². The molecule has 5 nitrogen and oxygen atoms in total. The van der Waals surface area contributed by atoms with Crippen LogP contribution in [0.1, 0.15) is 30.6 Å². The molecular formula is C18H24N2O3S. The van der Waals surface area contributed by atoms with Crippen LogP contribution in [0.3, 0.4) is 0 Å². The lowest BCUT2D eigenvalue weighted by Gasteiger charge is -2.26. The molecule has 2 atom stereocenters. The summed E-state index contributed by atoms with van der Waals surface area (Å²) in [4.78, 5) is 30.2. The number of carboxylic acid groups (broad SMARTS) is 1. The normalized spacial score (nSPS) is 30.8. The van der Waals surface area contributed by atoms with Crippen LogP contribution in [0.2, 0.25) is 0 Å². The van der Waals surface area contributed by atoms with Gasteiger partial charge in [0.05, 0.1) is 0 Å². The number of amides is 1. The van der Waals surface area contributed by atoms with E-state index in [0.29, 0.717) is 19.6 Å². The van der Waals surface area contributed by atoms with Crippen molar-refractivity contribution in [1.29, 1.82) is 0 Å². The highest BCUT2D eigenvalue weighted by Crippen LogP contribution is 2.44. The second-order valence-electron chi connectivity index (χ2n) is 7.61. The highest BCUT2D eigenvalue weighted by molar-refractivity contribution is 7.09. The summed E-state index contributed by atoms with van der Waals surface area (Å²) in [6.45, 7) is 3.16. The van der Waals surface area contributed by atoms with Crippen molar-refractivity contribution >= 4 is 23.2 Å². The number of carbonyl (C=O) groups excluding carboxylic acids is 1. The Bertz CT molecular complexity index is 626. The fraction of sp³-hybridized carbons (Fsp3) is 0.667. The standard InChI is InChI=1S/C18H24N2O3S/c21-16(13-4-1-2-5-13)20-9-14-8-19(10-15-6-3-7-24-15)11-18(14,12-20)17(22)23/h3,6-7,13-14H,1-2,4-5,8-12H2,(H,22,23)/t14-,18-/m0/s1. The van der Waals surface area contributed by atoms with E-state index in [1.54, 1.807) is 11.3 Å². The molecule has 3 aliphatic rings. The Kier molecular flexibility index (Phi) is 4.12. The summed E-state index contributed by atoms with van der Waals surface area (Å²) >= 11 is 1.71. The van der Waals surface area contributed by atoms with Crippen molar-refractivity contribution in [2.24, 2.45) is 17.3 Å². The Morgan fingerprint density at radius 1 is 1.25 bits per heavy atom. The number of hydrogen-bond acceptors (Lipinski definition) is 4. The van der Waals surface area contributed by atoms with Crippen LogP contribution in [0.5, 0.6) is 0 Å². The van der Waals surface area contributed by atoms with Crippen molar-refractivity contribution in [1.82, 2.24) is 9.80 Å². The van der Waals surface area contributed by atoms with Crippen LogP contribution in [-0.2, 0) is 16.1 Å². The Morgan fingerprint density at radius 2 is 2.04 bits per heavy atom. The third-order valence-electron chi connectivity index (χ3n) is 6.08. The van der Waals surface area contributed by atoms with Crippen LogP contribution in [0.25, 0.3) is 0 Å². The molecule has 1 saturated carbocycles. The van der Waals surface area contributed by atoms with E-state index in [2.05, 4.69) is 16.3 Å². The SMILES string of the molecule is O=C(C1CCCC1)N1C[C@@H]2CN(Cc3cccs3)C[C@]2(C(=O)O)C1. The number of aliphatic carboxylic acids is 1. The number of carbonyl (C=O) groups is 2. The summed E-state index contributed by atoms with van der Waals surface area (Å²) in [5.74, 6) is -0.340. The van der Waals surface area contributed by atoms with Gasteiger partial charge in [0.15, 0.2) is 0 Å². The van der Waals surface area contributed by atoms with Crippen LogP contribution in [0.15, 0.2) is 17.5 Å². The van der Waals surface area contributed by atoms with Gasteiger partial charge in [-0.05, 0) is 24.3 Å². The first-order valence-corrected chi connectivity index (χ1v) is 9.73. The van der Waals surface area contributed by atoms with Gasteiger partial charge in [-0.15, -0.1) is 11.3 Å². The summed E-state index contributed by atoms with van der Waals surface area (Å²) in [7, 11) is 0. The lowest BCUT2D eigenvalue weighted by Crippen LogP contribution is -2.42. The second kappa shape index (κ2) is 6.15. The molecule has 0 spiro atoms. The average molecular weight is 348 g/mol. The molecule has 0 unspecified atom stereocenters. The predicted octanol–water partition coefficient (Wildman–Crippen LogP) is 2.28. The molecule has 1 aromatic rings. The zero-order valence-electron chi connectivity index (χ0n) is 13.8. The topological polar surface area (TPSA) is 60.9 Å². The van der Waals surface area contributed by atoms with Crippen molar-refractivity contribution in [3.05, 3.63) is 22.4 Å². The van der Waals surface area contributed by atoms with Crippen LogP contribution in [0, 0.1) is 17.3 Å². The summed E-state index contributed by atoms with van der Waals surface area (Å²) in [6.07, 6.45) is 4.22. The number of nitrogens with zero attached hydrogens (tertiary/aromatic N) is 2. The number of fused-ring (bicyclic) bond motifs is 1. The number of rotatable bonds is 4. The molecule has 0 radical (unpaired) electrons. The van der Waals surface area contributed by atoms with Gasteiger partial charge < -0.3 is 10.0 Å². The maximum Gasteiger partial charge on any atom is 0.313 e. The van der Waals surface area contributed by atoms with E-state index in [1.807, 2.05) is 11.0 Å². The van der Waals surface area contributed by atoms with Gasteiger partial charge in [0, 0.05) is 49.4 Å². The molecular weight excluding hydrogens is 324 g/mol. The third-order valence-corrected chi connectivity index (χ3v) is 6.94. The van der Waals surface area contributed by atoms with Crippen molar-refractivity contribution in [2.45, 2.75) is 32.2 Å². The molecule has 1 aliphatic carbocycles. The van der Waals surface area contributed by atoms with Crippen LogP contribution in [0.4, 0.5) is 0 Å². The smallest absolute Gasteiger partial charge is 0.313 e. The molecule has 1 amide bonds. The van der Waals surface area contributed by atoms with Gasteiger partial charge in [-0.3, -0.25) is 14.5 Å². The first-order valence-electron chi connectivity index (χ1n) is 8.85. The molecule has 1 N–H and O–H groups in total.